The fourth-order valence-corrected chi connectivity index (χ4v) is 6.58. The molecular weight excluding hydrogens is 978 g/mol. The Morgan fingerprint density at radius 3 is 1.23 bits per heavy atom. The Hall–Kier alpha value is -6.42. The second-order valence-corrected chi connectivity index (χ2v) is 14.9. The van der Waals surface area contributed by atoms with Gasteiger partial charge in [-0.15, -0.1) is 22.7 Å². The molecule has 0 aliphatic rings. The van der Waals surface area contributed by atoms with Crippen molar-refractivity contribution >= 4 is 94.0 Å². The van der Waals surface area contributed by atoms with Crippen molar-refractivity contribution in [3.05, 3.63) is 151 Å². The van der Waals surface area contributed by atoms with E-state index in [0.717, 1.165) is 56.5 Å². The quantitative estimate of drug-likeness (QED) is 0.0379. The van der Waals surface area contributed by atoms with E-state index in [4.69, 9.17) is 30.0 Å². The number of rotatable bonds is 12. The van der Waals surface area contributed by atoms with Crippen molar-refractivity contribution in [3.63, 3.8) is 0 Å². The molecule has 6 heterocycles. The summed E-state index contributed by atoms with van der Waals surface area (Å²) in [4.78, 5) is 54.7. The average molecular weight is 1020 g/mol. The fraction of sp³-hybridized carbons (Fsp3) is 0.200. The predicted octanol–water partition coefficient (Wildman–Crippen LogP) is 12.8. The third-order valence-electron chi connectivity index (χ3n) is 7.79. The van der Waals surface area contributed by atoms with Gasteiger partial charge in [0.1, 0.15) is 0 Å². The van der Waals surface area contributed by atoms with E-state index in [-0.39, 0.29) is 31.8 Å². The first-order valence-corrected chi connectivity index (χ1v) is 22.1. The Bertz CT molecular complexity index is 2360. The Morgan fingerprint density at radius 2 is 0.892 bits per heavy atom. The molecule has 0 saturated carbocycles. The second-order valence-electron chi connectivity index (χ2n) is 12.3. The molecule has 6 aromatic rings. The van der Waals surface area contributed by atoms with E-state index < -0.39 is 0 Å². The normalized spacial score (nSPS) is 9.02. The SMILES string of the molecule is CCCCCC#Cc1ccc(/C=C/c2ccnc(-c3cc(/C=C/c4ccc(C#CCCCCC)s4)ccn3)c2)s1.O=C=O.O=C=O.[N-]=C=S.[N-]=C=S.[Ru+2].c1ccc(-c2ccccn2)nc1. The summed E-state index contributed by atoms with van der Waals surface area (Å²) < 4.78 is 0. The Balaban J connectivity index is 0.00000134. The van der Waals surface area contributed by atoms with Gasteiger partial charge in [-0.1, -0.05) is 112 Å². The van der Waals surface area contributed by atoms with Gasteiger partial charge in [0.2, 0.25) is 0 Å². The van der Waals surface area contributed by atoms with Crippen molar-refractivity contribution in [1.82, 2.24) is 19.9 Å². The first-order chi connectivity index (χ1) is 31.4. The van der Waals surface area contributed by atoms with Crippen LogP contribution in [0.1, 0.15) is 95.8 Å². The van der Waals surface area contributed by atoms with Crippen LogP contribution in [0.3, 0.4) is 0 Å². The van der Waals surface area contributed by atoms with Crippen LogP contribution >= 0.6 is 47.1 Å². The van der Waals surface area contributed by atoms with Crippen molar-refractivity contribution in [1.29, 1.82) is 0 Å². The van der Waals surface area contributed by atoms with Crippen LogP contribution in [0.2, 0.25) is 0 Å². The van der Waals surface area contributed by atoms with E-state index in [1.807, 2.05) is 60.9 Å². The molecule has 65 heavy (non-hydrogen) atoms. The largest absolute Gasteiger partial charge is 2.00 e. The smallest absolute Gasteiger partial charge is 0.753 e. The summed E-state index contributed by atoms with van der Waals surface area (Å²) >= 11 is 10.9. The minimum Gasteiger partial charge on any atom is -0.753 e. The van der Waals surface area contributed by atoms with Crippen molar-refractivity contribution in [3.8, 4) is 46.5 Å². The minimum atomic E-state index is 0. The Morgan fingerprint density at radius 1 is 0.523 bits per heavy atom. The molecule has 0 aliphatic heterocycles. The van der Waals surface area contributed by atoms with Crippen LogP contribution in [-0.2, 0) is 38.7 Å². The molecule has 330 valence electrons. The standard InChI is InChI=1S/C36H36N2S2.C10H8N2.2CNS.2CO2.Ru/c1-3-5-7-9-11-13-31-19-21-33(39-31)17-15-29-23-25-37-35(27-29)36-28-30(24-26-38-36)16-18-34-22-20-32(40-34)14-12-10-8-6-4-2;1-3-7-11-9(5-1)10-6-2-4-8-12-10;4*2-1-3;/h15-28H,3-10H2,1-2H3;1-8H;;;;;/q;;2*-1;;;+2/b17-15+,18-16+;;;;;;. The summed E-state index contributed by atoms with van der Waals surface area (Å²) in [5.41, 5.74) is 5.74. The molecular formula is C50H44N6O4RuS4. The molecule has 6 aromatic heterocycles. The summed E-state index contributed by atoms with van der Waals surface area (Å²) in [5, 5.41) is 16.9. The maximum absolute atomic E-state index is 8.12. The number of hydrogen-bond donors (Lipinski definition) is 0. The number of carbonyl (C=O) groups excluding carboxylic acids is 4. The van der Waals surface area contributed by atoms with E-state index in [1.54, 1.807) is 35.1 Å². The van der Waals surface area contributed by atoms with Crippen molar-refractivity contribution in [2.24, 2.45) is 0 Å². The molecule has 0 saturated heterocycles. The molecule has 6 rings (SSSR count). The van der Waals surface area contributed by atoms with Gasteiger partial charge >= 0.3 is 31.8 Å². The van der Waals surface area contributed by atoms with Gasteiger partial charge in [-0.3, -0.25) is 19.9 Å². The Kier molecular flexibility index (Phi) is 36.4. The van der Waals surface area contributed by atoms with Crippen LogP contribution in [-0.4, -0.2) is 42.6 Å². The number of unbranched alkanes of at least 4 members (excludes halogenated alkanes) is 6. The monoisotopic (exact) mass is 1020 g/mol. The summed E-state index contributed by atoms with van der Waals surface area (Å²) in [6, 6.07) is 28.3. The van der Waals surface area contributed by atoms with Gasteiger partial charge < -0.3 is 10.8 Å². The van der Waals surface area contributed by atoms with Crippen molar-refractivity contribution in [2.45, 2.75) is 65.2 Å². The average Bonchev–Trinajstić information content (AvgIpc) is 3.99. The molecule has 0 radical (unpaired) electrons. The zero-order valence-electron chi connectivity index (χ0n) is 35.7. The number of pyridine rings is 4. The topological polar surface area (TPSA) is 164 Å². The third kappa shape index (κ3) is 28.1. The van der Waals surface area contributed by atoms with E-state index in [1.165, 1.54) is 58.6 Å². The van der Waals surface area contributed by atoms with Crippen LogP contribution in [0.15, 0.2) is 110 Å². The number of isothiocyanates is 2. The van der Waals surface area contributed by atoms with Gasteiger partial charge in [-0.2, -0.15) is 29.5 Å². The van der Waals surface area contributed by atoms with Crippen LogP contribution in [0.25, 0.3) is 57.9 Å². The molecule has 0 spiro atoms. The maximum atomic E-state index is 8.12. The molecule has 0 fully saturated rings. The first-order valence-electron chi connectivity index (χ1n) is 19.7. The van der Waals surface area contributed by atoms with Crippen LogP contribution < -0.4 is 0 Å². The van der Waals surface area contributed by atoms with Gasteiger partial charge in [0.25, 0.3) is 0 Å². The third-order valence-corrected chi connectivity index (χ3v) is 9.72. The minimum absolute atomic E-state index is 0. The van der Waals surface area contributed by atoms with Crippen molar-refractivity contribution < 1.29 is 38.7 Å². The number of aromatic nitrogens is 4. The second kappa shape index (κ2) is 40.4. The molecule has 15 heteroatoms. The van der Waals surface area contributed by atoms with Gasteiger partial charge in [-0.05, 0) is 109 Å². The molecule has 0 aromatic carbocycles. The molecule has 0 aliphatic carbocycles. The molecule has 0 amide bonds. The van der Waals surface area contributed by atoms with Crippen molar-refractivity contribution in [2.75, 3.05) is 0 Å². The van der Waals surface area contributed by atoms with Gasteiger partial charge in [-0.25, -0.2) is 0 Å². The summed E-state index contributed by atoms with van der Waals surface area (Å²) in [7, 11) is 0. The van der Waals surface area contributed by atoms with E-state index in [2.05, 4.69) is 143 Å². The van der Waals surface area contributed by atoms with Crippen LogP contribution in [0.5, 0.6) is 0 Å². The molecule has 0 N–H and O–H groups in total. The Labute approximate surface area is 412 Å². The first kappa shape index (κ1) is 58.6. The fourth-order valence-electron chi connectivity index (χ4n) is 5.01. The number of nitrogens with zero attached hydrogens (tertiary/aromatic N) is 6. The van der Waals surface area contributed by atoms with Crippen LogP contribution in [0.4, 0.5) is 0 Å². The molecule has 0 bridgehead atoms. The summed E-state index contributed by atoms with van der Waals surface area (Å²) in [6.07, 6.45) is 25.6. The summed E-state index contributed by atoms with van der Waals surface area (Å²) in [5.74, 6) is 13.2. The van der Waals surface area contributed by atoms with Gasteiger partial charge in [0.05, 0.1) is 32.5 Å². The maximum Gasteiger partial charge on any atom is 2.00 e. The molecule has 0 unspecified atom stereocenters. The van der Waals surface area contributed by atoms with Crippen LogP contribution in [0, 0.1) is 23.7 Å². The zero-order chi connectivity index (χ0) is 46.9. The van der Waals surface area contributed by atoms with E-state index >= 15 is 0 Å². The van der Waals surface area contributed by atoms with E-state index in [0.29, 0.717) is 0 Å². The molecule has 10 nitrogen and oxygen atoms in total. The predicted molar refractivity (Wildman–Crippen MR) is 265 cm³/mol. The molecule has 0 atom stereocenters. The number of hydrogen-bond acceptors (Lipinski definition) is 12. The number of thiophene rings is 2. The van der Waals surface area contributed by atoms with E-state index in [9.17, 15) is 0 Å². The number of thiocarbonyl (C=S) groups is 2. The zero-order valence-corrected chi connectivity index (χ0v) is 40.7. The van der Waals surface area contributed by atoms with Gasteiger partial charge in [0.15, 0.2) is 0 Å². The van der Waals surface area contributed by atoms with Gasteiger partial charge in [0, 0.05) is 47.4 Å². The summed E-state index contributed by atoms with van der Waals surface area (Å²) in [6.45, 7) is 4.44.